The van der Waals surface area contributed by atoms with Crippen molar-refractivity contribution in [2.75, 3.05) is 20.1 Å². The van der Waals surface area contributed by atoms with Gasteiger partial charge in [-0.15, -0.1) is 0 Å². The molecular weight excluding hydrogens is 332 g/mol. The maximum Gasteiger partial charge on any atom is 0.327 e. The van der Waals surface area contributed by atoms with Crippen LogP contribution < -0.4 is 0 Å². The molecular formula is C17H19F2N3O3. The zero-order chi connectivity index (χ0) is 18.3. The first-order valence-electron chi connectivity index (χ1n) is 8.11. The molecule has 1 heterocycles. The van der Waals surface area contributed by atoms with Crippen molar-refractivity contribution in [2.45, 2.75) is 31.8 Å². The molecule has 1 aromatic carbocycles. The van der Waals surface area contributed by atoms with E-state index in [-0.39, 0.29) is 25.0 Å². The van der Waals surface area contributed by atoms with E-state index < -0.39 is 29.6 Å². The summed E-state index contributed by atoms with van der Waals surface area (Å²) >= 11 is 0. The number of carbonyl (C=O) groups is 3. The van der Waals surface area contributed by atoms with E-state index in [0.29, 0.717) is 5.56 Å². The molecule has 0 spiro atoms. The van der Waals surface area contributed by atoms with Gasteiger partial charge in [0.1, 0.15) is 13.1 Å². The molecule has 1 aliphatic carbocycles. The van der Waals surface area contributed by atoms with Crippen LogP contribution in [0.5, 0.6) is 0 Å². The summed E-state index contributed by atoms with van der Waals surface area (Å²) in [5.74, 6) is -2.79. The van der Waals surface area contributed by atoms with Gasteiger partial charge >= 0.3 is 6.03 Å². The number of hydrogen-bond donors (Lipinski definition) is 0. The van der Waals surface area contributed by atoms with Gasteiger partial charge in [0, 0.05) is 13.1 Å². The number of amides is 4. The Labute approximate surface area is 144 Å². The van der Waals surface area contributed by atoms with Gasteiger partial charge in [-0.05, 0) is 37.5 Å². The largest absolute Gasteiger partial charge is 0.337 e. The summed E-state index contributed by atoms with van der Waals surface area (Å²) in [5, 5.41) is 0. The maximum atomic E-state index is 13.4. The number of likely N-dealkylation sites (N-methyl/N-ethyl adjacent to an activating group) is 1. The standard InChI is InChI=1S/C17H19F2N3O3/c1-10(11-3-6-13(18)14(19)7-11)20(2)15(23)8-22-16(24)9-21(17(22)25)12-4-5-12/h3,6-7,10,12H,4-5,8-9H2,1-2H3. The third-order valence-electron chi connectivity index (χ3n) is 4.76. The molecule has 25 heavy (non-hydrogen) atoms. The van der Waals surface area contributed by atoms with E-state index in [1.807, 2.05) is 0 Å². The van der Waals surface area contributed by atoms with Crippen LogP contribution in [0.3, 0.4) is 0 Å². The average Bonchev–Trinajstić information content (AvgIpc) is 3.38. The van der Waals surface area contributed by atoms with Crippen LogP contribution in [-0.4, -0.2) is 58.7 Å². The molecule has 2 fully saturated rings. The maximum absolute atomic E-state index is 13.4. The first-order chi connectivity index (χ1) is 11.8. The lowest BCUT2D eigenvalue weighted by Gasteiger charge is -2.27. The molecule has 3 rings (SSSR count). The van der Waals surface area contributed by atoms with Crippen molar-refractivity contribution in [3.8, 4) is 0 Å². The minimum Gasteiger partial charge on any atom is -0.337 e. The molecule has 1 saturated carbocycles. The van der Waals surface area contributed by atoms with Gasteiger partial charge in [-0.2, -0.15) is 0 Å². The van der Waals surface area contributed by atoms with Gasteiger partial charge < -0.3 is 9.80 Å². The van der Waals surface area contributed by atoms with Gasteiger partial charge in [-0.1, -0.05) is 6.07 Å². The summed E-state index contributed by atoms with van der Waals surface area (Å²) < 4.78 is 26.4. The van der Waals surface area contributed by atoms with E-state index in [1.165, 1.54) is 22.9 Å². The quantitative estimate of drug-likeness (QED) is 0.762. The number of rotatable bonds is 5. The lowest BCUT2D eigenvalue weighted by molar-refractivity contribution is -0.137. The van der Waals surface area contributed by atoms with Gasteiger partial charge in [0.25, 0.3) is 5.91 Å². The smallest absolute Gasteiger partial charge is 0.327 e. The first-order valence-corrected chi connectivity index (χ1v) is 8.11. The van der Waals surface area contributed by atoms with E-state index in [1.54, 1.807) is 6.92 Å². The van der Waals surface area contributed by atoms with Gasteiger partial charge in [-0.25, -0.2) is 13.6 Å². The summed E-state index contributed by atoms with van der Waals surface area (Å²) in [5.41, 5.74) is 0.424. The summed E-state index contributed by atoms with van der Waals surface area (Å²) in [7, 11) is 1.50. The van der Waals surface area contributed by atoms with E-state index in [4.69, 9.17) is 0 Å². The van der Waals surface area contributed by atoms with Crippen LogP contribution in [0.4, 0.5) is 13.6 Å². The molecule has 1 aliphatic heterocycles. The number of benzene rings is 1. The number of halogens is 2. The Balaban J connectivity index is 1.66. The molecule has 2 aliphatic rings. The van der Waals surface area contributed by atoms with E-state index in [0.717, 1.165) is 29.9 Å². The van der Waals surface area contributed by atoms with Gasteiger partial charge in [0.2, 0.25) is 5.91 Å². The number of urea groups is 1. The Morgan fingerprint density at radius 3 is 2.56 bits per heavy atom. The molecule has 1 saturated heterocycles. The topological polar surface area (TPSA) is 60.9 Å². The molecule has 8 heteroatoms. The van der Waals surface area contributed by atoms with Crippen LogP contribution in [0.25, 0.3) is 0 Å². The average molecular weight is 351 g/mol. The third kappa shape index (κ3) is 3.33. The second kappa shape index (κ2) is 6.42. The highest BCUT2D eigenvalue weighted by Gasteiger charge is 2.44. The molecule has 0 aromatic heterocycles. The summed E-state index contributed by atoms with van der Waals surface area (Å²) in [6, 6.07) is 2.57. The molecule has 0 bridgehead atoms. The van der Waals surface area contributed by atoms with E-state index in [2.05, 4.69) is 0 Å². The van der Waals surface area contributed by atoms with Crippen LogP contribution in [-0.2, 0) is 9.59 Å². The number of imide groups is 1. The fourth-order valence-corrected chi connectivity index (χ4v) is 2.85. The second-order valence-electron chi connectivity index (χ2n) is 6.48. The Morgan fingerprint density at radius 1 is 1.28 bits per heavy atom. The lowest BCUT2D eigenvalue weighted by Crippen LogP contribution is -2.43. The minimum atomic E-state index is -0.991. The molecule has 6 nitrogen and oxygen atoms in total. The lowest BCUT2D eigenvalue weighted by atomic mass is 10.1. The molecule has 134 valence electrons. The van der Waals surface area contributed by atoms with Crippen LogP contribution in [0, 0.1) is 11.6 Å². The van der Waals surface area contributed by atoms with Crippen molar-refractivity contribution in [3.63, 3.8) is 0 Å². The molecule has 0 radical (unpaired) electrons. The SMILES string of the molecule is CC(c1ccc(F)c(F)c1)N(C)C(=O)CN1C(=O)CN(C2CC2)C1=O. The van der Waals surface area contributed by atoms with Crippen molar-refractivity contribution < 1.29 is 23.2 Å². The summed E-state index contributed by atoms with van der Waals surface area (Å²) in [6.07, 6.45) is 1.77. The van der Waals surface area contributed by atoms with Crippen LogP contribution >= 0.6 is 0 Å². The zero-order valence-corrected chi connectivity index (χ0v) is 14.0. The molecule has 1 atom stereocenters. The number of hydrogen-bond acceptors (Lipinski definition) is 3. The van der Waals surface area contributed by atoms with Gasteiger partial charge in [-0.3, -0.25) is 14.5 Å². The van der Waals surface area contributed by atoms with Gasteiger partial charge in [0.15, 0.2) is 11.6 Å². The summed E-state index contributed by atoms with van der Waals surface area (Å²) in [4.78, 5) is 40.5. The first kappa shape index (κ1) is 17.3. The molecule has 1 unspecified atom stereocenters. The Hall–Kier alpha value is -2.51. The third-order valence-corrected chi connectivity index (χ3v) is 4.76. The highest BCUT2D eigenvalue weighted by atomic mass is 19.2. The highest BCUT2D eigenvalue weighted by Crippen LogP contribution is 2.30. The van der Waals surface area contributed by atoms with Gasteiger partial charge in [0.05, 0.1) is 6.04 Å². The Bertz CT molecular complexity index is 736. The van der Waals surface area contributed by atoms with E-state index >= 15 is 0 Å². The van der Waals surface area contributed by atoms with Crippen LogP contribution in [0.2, 0.25) is 0 Å². The fourth-order valence-electron chi connectivity index (χ4n) is 2.85. The minimum absolute atomic E-state index is 0.0131. The number of nitrogens with zero attached hydrogens (tertiary/aromatic N) is 3. The monoisotopic (exact) mass is 351 g/mol. The summed E-state index contributed by atoms with van der Waals surface area (Å²) in [6.45, 7) is 1.32. The van der Waals surface area contributed by atoms with Crippen molar-refractivity contribution in [1.29, 1.82) is 0 Å². The second-order valence-corrected chi connectivity index (χ2v) is 6.48. The van der Waals surface area contributed by atoms with Crippen molar-refractivity contribution in [3.05, 3.63) is 35.4 Å². The van der Waals surface area contributed by atoms with Crippen LogP contribution in [0.15, 0.2) is 18.2 Å². The fraction of sp³-hybridized carbons (Fsp3) is 0.471. The predicted molar refractivity (Wildman–Crippen MR) is 84.4 cm³/mol. The Kier molecular flexibility index (Phi) is 4.45. The van der Waals surface area contributed by atoms with Crippen LogP contribution in [0.1, 0.15) is 31.4 Å². The normalized spacial score (nSPS) is 18.7. The van der Waals surface area contributed by atoms with Crippen molar-refractivity contribution in [2.24, 2.45) is 0 Å². The number of carbonyl (C=O) groups excluding carboxylic acids is 3. The highest BCUT2D eigenvalue weighted by molar-refractivity contribution is 6.04. The molecule has 4 amide bonds. The Morgan fingerprint density at radius 2 is 1.96 bits per heavy atom. The van der Waals surface area contributed by atoms with Crippen molar-refractivity contribution >= 4 is 17.8 Å². The zero-order valence-electron chi connectivity index (χ0n) is 14.0. The van der Waals surface area contributed by atoms with Crippen molar-refractivity contribution in [1.82, 2.24) is 14.7 Å². The molecule has 1 aromatic rings. The predicted octanol–water partition coefficient (Wildman–Crippen LogP) is 1.91. The van der Waals surface area contributed by atoms with E-state index in [9.17, 15) is 23.2 Å². The molecule has 0 N–H and O–H groups in total.